The minimum atomic E-state index is 0.150. The lowest BCUT2D eigenvalue weighted by atomic mass is 10.5. The molecule has 0 aromatic heterocycles. The number of hydrogen-bond acceptors (Lipinski definition) is 0. The Kier molecular flexibility index (Phi) is 0.494. The SMILES string of the molecule is [3H]C1=CC([3H])=[Si]C([3H])=C1. The van der Waals surface area contributed by atoms with Crippen LogP contribution in [0.4, 0.5) is 0 Å². The molecule has 1 aliphatic heterocycles. The van der Waals surface area contributed by atoms with Gasteiger partial charge < -0.3 is 0 Å². The Morgan fingerprint density at radius 2 is 2.50 bits per heavy atom. The van der Waals surface area contributed by atoms with Crippen LogP contribution >= 0.6 is 0 Å². The monoisotopic (exact) mass is 99.0 g/mol. The van der Waals surface area contributed by atoms with Crippen molar-refractivity contribution in [2.24, 2.45) is 0 Å². The second kappa shape index (κ2) is 1.87. The highest BCUT2D eigenvalue weighted by atomic mass is 28.2. The van der Waals surface area contributed by atoms with Crippen LogP contribution in [0, 0.1) is 0 Å². The summed E-state index contributed by atoms with van der Waals surface area (Å²) in [6, 6.07) is 0.267. The summed E-state index contributed by atoms with van der Waals surface area (Å²) < 4.78 is 21.3. The molecule has 1 rings (SSSR count). The molecule has 0 fully saturated rings. The summed E-state index contributed by atoms with van der Waals surface area (Å²) in [7, 11) is 0.150. The number of hydrogen-bond donors (Lipinski definition) is 0. The minimum absolute atomic E-state index is 0.150. The first kappa shape index (κ1) is 1.58. The van der Waals surface area contributed by atoms with Crippen molar-refractivity contribution in [2.75, 3.05) is 0 Å². The van der Waals surface area contributed by atoms with Crippen LogP contribution in [0.15, 0.2) is 23.9 Å². The normalized spacial score (nSPS) is 28.0. The van der Waals surface area contributed by atoms with E-state index in [1.807, 2.05) is 0 Å². The van der Waals surface area contributed by atoms with Crippen LogP contribution in [-0.4, -0.2) is 14.8 Å². The lowest BCUT2D eigenvalue weighted by molar-refractivity contribution is 2.05. The highest BCUT2D eigenvalue weighted by Crippen LogP contribution is 1.74. The van der Waals surface area contributed by atoms with Crippen molar-refractivity contribution in [1.82, 2.24) is 0 Å². The third-order valence-electron chi connectivity index (χ3n) is 0.455. The zero-order chi connectivity index (χ0) is 6.85. The fourth-order valence-electron chi connectivity index (χ4n) is 0.239. The van der Waals surface area contributed by atoms with E-state index in [9.17, 15) is 0 Å². The molecule has 1 aliphatic rings. The molecule has 0 aromatic carbocycles. The van der Waals surface area contributed by atoms with Gasteiger partial charge in [-0.1, -0.05) is 29.5 Å². The molecule has 6 heavy (non-hydrogen) atoms. The molecular formula is C5H5Si. The van der Waals surface area contributed by atoms with Gasteiger partial charge in [0.05, 0.1) is 13.2 Å². The highest BCUT2D eigenvalue weighted by molar-refractivity contribution is 6.54. The van der Waals surface area contributed by atoms with Crippen molar-refractivity contribution in [1.29, 1.82) is 0 Å². The molecule has 0 saturated carbocycles. The van der Waals surface area contributed by atoms with E-state index in [-0.39, 0.29) is 15.2 Å². The molecule has 0 nitrogen and oxygen atoms in total. The zero-order valence-corrected chi connectivity index (χ0v) is 4.15. The molecule has 29 valence electrons. The fourth-order valence-corrected chi connectivity index (χ4v) is 0.633. The Bertz CT molecular complexity index is 168. The summed E-state index contributed by atoms with van der Waals surface area (Å²) in [6.07, 6.45) is 2.94. The first-order chi connectivity index (χ1) is 4.18. The second-order valence-corrected chi connectivity index (χ2v) is 1.70. The Morgan fingerprint density at radius 1 is 1.50 bits per heavy atom. The maximum absolute atomic E-state index is 7.10. The van der Waals surface area contributed by atoms with Crippen molar-refractivity contribution >= 4 is 14.8 Å². The Hall–Kier alpha value is -0.433. The molecule has 0 amide bonds. The predicted octanol–water partition coefficient (Wildman–Crippen LogP) is 0.576. The van der Waals surface area contributed by atoms with Gasteiger partial charge in [0.15, 0.2) is 0 Å². The smallest absolute Gasteiger partial charge is 0.0622 e. The molecule has 1 radical (unpaired) electrons. The van der Waals surface area contributed by atoms with E-state index in [2.05, 4.69) is 0 Å². The summed E-state index contributed by atoms with van der Waals surface area (Å²) >= 11 is 0. The molecule has 0 unspecified atom stereocenters. The van der Waals surface area contributed by atoms with Gasteiger partial charge >= 0.3 is 0 Å². The first-order valence-corrected chi connectivity index (χ1v) is 2.65. The first-order valence-electron chi connectivity index (χ1n) is 3.15. The van der Waals surface area contributed by atoms with E-state index in [0.717, 1.165) is 0 Å². The lowest BCUT2D eigenvalue weighted by Crippen LogP contribution is -1.76. The number of allylic oxidation sites excluding steroid dienone is 3. The standard InChI is InChI=1S/C5H5Si/c1-2-4-6-5-3-1/h1-5H/i1T,4T,5T. The van der Waals surface area contributed by atoms with Crippen molar-refractivity contribution in [2.45, 2.75) is 0 Å². The van der Waals surface area contributed by atoms with Crippen LogP contribution in [0.25, 0.3) is 0 Å². The molecule has 0 spiro atoms. The van der Waals surface area contributed by atoms with Crippen molar-refractivity contribution in [3.63, 3.8) is 0 Å². The molecule has 0 N–H and O–H groups in total. The Morgan fingerprint density at radius 3 is 3.17 bits per heavy atom. The van der Waals surface area contributed by atoms with Gasteiger partial charge in [-0.05, 0) is 0 Å². The zero-order valence-electron chi connectivity index (χ0n) is 6.15. The largest absolute Gasteiger partial charge is 0.0772 e. The summed E-state index contributed by atoms with van der Waals surface area (Å²) in [4.78, 5) is 0. The van der Waals surface area contributed by atoms with Crippen molar-refractivity contribution in [3.8, 4) is 0 Å². The van der Waals surface area contributed by atoms with Crippen LogP contribution in [0.1, 0.15) is 4.11 Å². The number of rotatable bonds is 0. The van der Waals surface area contributed by atoms with Crippen LogP contribution in [0.5, 0.6) is 0 Å². The van der Waals surface area contributed by atoms with Gasteiger partial charge in [0, 0.05) is 0 Å². The second-order valence-electron chi connectivity index (χ2n) is 0.869. The van der Waals surface area contributed by atoms with E-state index in [1.165, 1.54) is 12.2 Å². The maximum atomic E-state index is 7.10. The third kappa shape index (κ3) is 0.758. The van der Waals surface area contributed by atoms with Gasteiger partial charge in [0.1, 0.15) is 0 Å². The van der Waals surface area contributed by atoms with Crippen molar-refractivity contribution < 1.29 is 4.11 Å². The predicted molar refractivity (Wildman–Crippen MR) is 30.1 cm³/mol. The van der Waals surface area contributed by atoms with Gasteiger partial charge in [-0.25, -0.2) is 0 Å². The minimum Gasteiger partial charge on any atom is -0.0772 e. The highest BCUT2D eigenvalue weighted by Gasteiger charge is 1.66. The molecule has 0 saturated heterocycles. The maximum Gasteiger partial charge on any atom is 0.0622 e. The Labute approximate surface area is 43.8 Å². The molecule has 0 aliphatic carbocycles. The van der Waals surface area contributed by atoms with Gasteiger partial charge in [0.25, 0.3) is 0 Å². The molecule has 1 heterocycles. The average molecular weight is 99.2 g/mol. The molecular weight excluding hydrogens is 88.1 g/mol. The van der Waals surface area contributed by atoms with Crippen LogP contribution < -0.4 is 0 Å². The molecule has 0 aromatic rings. The van der Waals surface area contributed by atoms with Crippen LogP contribution in [0.2, 0.25) is 0 Å². The third-order valence-corrected chi connectivity index (χ3v) is 1.03. The van der Waals surface area contributed by atoms with Crippen LogP contribution in [0.3, 0.4) is 0 Å². The summed E-state index contributed by atoms with van der Waals surface area (Å²) in [6.45, 7) is 0. The molecule has 0 bridgehead atoms. The van der Waals surface area contributed by atoms with E-state index in [0.29, 0.717) is 11.3 Å². The average Bonchev–Trinajstić information content (AvgIpc) is 1.59. The quantitative estimate of drug-likeness (QED) is 0.390. The van der Waals surface area contributed by atoms with Gasteiger partial charge in [-0.15, -0.1) is 0 Å². The van der Waals surface area contributed by atoms with Crippen molar-refractivity contribution in [3.05, 3.63) is 23.9 Å². The van der Waals surface area contributed by atoms with Gasteiger partial charge in [-0.2, -0.15) is 0 Å². The summed E-state index contributed by atoms with van der Waals surface area (Å²) in [5.41, 5.74) is 0.764. The molecule has 0 atom stereocenters. The summed E-state index contributed by atoms with van der Waals surface area (Å²) in [5.74, 6) is 0. The topological polar surface area (TPSA) is 0 Å². The summed E-state index contributed by atoms with van der Waals surface area (Å²) in [5, 5.41) is 0. The fraction of sp³-hybridized carbons (Fsp3) is 0. The van der Waals surface area contributed by atoms with Gasteiger partial charge in [-0.3, -0.25) is 0 Å². The van der Waals surface area contributed by atoms with E-state index >= 15 is 0 Å². The Balaban J connectivity index is 2.98. The molecule has 1 heteroatoms. The van der Waals surface area contributed by atoms with E-state index in [1.54, 1.807) is 0 Å². The van der Waals surface area contributed by atoms with E-state index < -0.39 is 0 Å². The lowest BCUT2D eigenvalue weighted by Gasteiger charge is -1.76. The van der Waals surface area contributed by atoms with E-state index in [4.69, 9.17) is 4.11 Å². The van der Waals surface area contributed by atoms with Gasteiger partial charge in [0.2, 0.25) is 0 Å². The van der Waals surface area contributed by atoms with Crippen LogP contribution in [-0.2, 0) is 0 Å².